The van der Waals surface area contributed by atoms with Crippen LogP contribution in [-0.2, 0) is 11.3 Å². The van der Waals surface area contributed by atoms with Gasteiger partial charge in [0.1, 0.15) is 0 Å². The van der Waals surface area contributed by atoms with Gasteiger partial charge >= 0.3 is 6.09 Å². The van der Waals surface area contributed by atoms with E-state index in [1.165, 1.54) is 26.4 Å². The molecule has 1 aliphatic carbocycles. The molecule has 0 aliphatic heterocycles. The summed E-state index contributed by atoms with van der Waals surface area (Å²) >= 11 is 0. The molecule has 0 aromatic heterocycles. The predicted octanol–water partition coefficient (Wildman–Crippen LogP) is 2.07. The number of carbonyl (C=O) groups is 1. The summed E-state index contributed by atoms with van der Waals surface area (Å²) in [5.74, 6) is 1.24. The number of aliphatic imine (C=N–C) groups is 1. The molecule has 114 valence electrons. The first-order valence-corrected chi connectivity index (χ1v) is 7.15. The number of nitrogens with zero attached hydrogens (tertiary/aromatic N) is 1. The maximum absolute atomic E-state index is 11.1. The molecule has 1 saturated carbocycles. The highest BCUT2D eigenvalue weighted by atomic mass is 16.5. The lowest BCUT2D eigenvalue weighted by atomic mass is 9.85. The largest absolute Gasteiger partial charge is 0.453 e. The van der Waals surface area contributed by atoms with Crippen molar-refractivity contribution in [3.63, 3.8) is 0 Å². The van der Waals surface area contributed by atoms with Crippen molar-refractivity contribution >= 4 is 17.7 Å². The molecule has 21 heavy (non-hydrogen) atoms. The summed E-state index contributed by atoms with van der Waals surface area (Å²) < 4.78 is 4.53. The fraction of sp³-hybridized carbons (Fsp3) is 0.467. The van der Waals surface area contributed by atoms with Crippen LogP contribution in [-0.4, -0.2) is 25.7 Å². The number of amides is 1. The number of guanidine groups is 1. The summed E-state index contributed by atoms with van der Waals surface area (Å²) in [6.45, 7) is 1.43. The third-order valence-corrected chi connectivity index (χ3v) is 3.61. The zero-order valence-electron chi connectivity index (χ0n) is 12.3. The van der Waals surface area contributed by atoms with Crippen molar-refractivity contribution in [1.29, 1.82) is 0 Å². The monoisotopic (exact) mass is 290 g/mol. The molecular formula is C15H22N4O2. The topological polar surface area (TPSA) is 88.7 Å². The molecule has 1 amide bonds. The van der Waals surface area contributed by atoms with E-state index < -0.39 is 6.09 Å². The van der Waals surface area contributed by atoms with Crippen molar-refractivity contribution in [1.82, 2.24) is 5.32 Å². The second-order valence-electron chi connectivity index (χ2n) is 5.19. The van der Waals surface area contributed by atoms with Gasteiger partial charge in [0, 0.05) is 12.2 Å². The minimum Gasteiger partial charge on any atom is -0.453 e. The van der Waals surface area contributed by atoms with Crippen LogP contribution in [0.4, 0.5) is 10.5 Å². The molecule has 0 unspecified atom stereocenters. The van der Waals surface area contributed by atoms with E-state index in [1.54, 1.807) is 12.1 Å². The lowest BCUT2D eigenvalue weighted by molar-refractivity contribution is 0.187. The summed E-state index contributed by atoms with van der Waals surface area (Å²) in [5, 5.41) is 5.75. The van der Waals surface area contributed by atoms with E-state index in [2.05, 4.69) is 20.4 Å². The molecule has 0 saturated heterocycles. The summed E-state index contributed by atoms with van der Waals surface area (Å²) in [5.41, 5.74) is 7.54. The molecule has 0 heterocycles. The van der Waals surface area contributed by atoms with E-state index in [9.17, 15) is 4.79 Å². The van der Waals surface area contributed by atoms with Crippen LogP contribution >= 0.6 is 0 Å². The first-order valence-electron chi connectivity index (χ1n) is 7.15. The summed E-state index contributed by atoms with van der Waals surface area (Å²) in [7, 11) is 1.33. The Hall–Kier alpha value is -2.24. The van der Waals surface area contributed by atoms with Gasteiger partial charge in [0.05, 0.1) is 13.7 Å². The Morgan fingerprint density at radius 2 is 2.10 bits per heavy atom. The highest BCUT2D eigenvalue weighted by molar-refractivity contribution is 5.84. The minimum absolute atomic E-state index is 0.481. The van der Waals surface area contributed by atoms with E-state index in [0.717, 1.165) is 18.0 Å². The van der Waals surface area contributed by atoms with Gasteiger partial charge in [0.25, 0.3) is 0 Å². The van der Waals surface area contributed by atoms with Gasteiger partial charge in [0.2, 0.25) is 0 Å². The van der Waals surface area contributed by atoms with Gasteiger partial charge in [-0.15, -0.1) is 0 Å². The molecule has 6 nitrogen and oxygen atoms in total. The van der Waals surface area contributed by atoms with Crippen LogP contribution in [0.3, 0.4) is 0 Å². The first kappa shape index (κ1) is 15.2. The van der Waals surface area contributed by atoms with Crippen LogP contribution in [0.5, 0.6) is 0 Å². The van der Waals surface area contributed by atoms with Crippen molar-refractivity contribution in [2.75, 3.05) is 19.0 Å². The second-order valence-corrected chi connectivity index (χ2v) is 5.19. The van der Waals surface area contributed by atoms with Gasteiger partial charge in [-0.3, -0.25) is 5.32 Å². The normalized spacial score (nSPS) is 15.2. The molecule has 1 aromatic rings. The highest BCUT2D eigenvalue weighted by Crippen LogP contribution is 2.24. The Bertz CT molecular complexity index is 495. The molecule has 0 bridgehead atoms. The van der Waals surface area contributed by atoms with E-state index >= 15 is 0 Å². The third kappa shape index (κ3) is 4.98. The summed E-state index contributed by atoms with van der Waals surface area (Å²) in [6, 6.07) is 7.40. The number of hydrogen-bond acceptors (Lipinski definition) is 3. The number of hydrogen-bond donors (Lipinski definition) is 3. The molecule has 1 aromatic carbocycles. The Labute approximate surface area is 124 Å². The molecule has 2 rings (SSSR count). The van der Waals surface area contributed by atoms with E-state index in [-0.39, 0.29) is 0 Å². The van der Waals surface area contributed by atoms with Gasteiger partial charge in [-0.05, 0) is 36.5 Å². The van der Waals surface area contributed by atoms with Crippen molar-refractivity contribution in [2.45, 2.75) is 25.8 Å². The smallest absolute Gasteiger partial charge is 0.411 e. The van der Waals surface area contributed by atoms with Gasteiger partial charge in [0.15, 0.2) is 5.96 Å². The zero-order valence-corrected chi connectivity index (χ0v) is 12.3. The van der Waals surface area contributed by atoms with E-state index in [4.69, 9.17) is 5.73 Å². The Balaban J connectivity index is 1.77. The maximum Gasteiger partial charge on any atom is 0.411 e. The van der Waals surface area contributed by atoms with Gasteiger partial charge in [-0.1, -0.05) is 18.6 Å². The number of anilines is 1. The summed E-state index contributed by atoms with van der Waals surface area (Å²) in [6.07, 6.45) is 3.42. The van der Waals surface area contributed by atoms with Gasteiger partial charge in [-0.25, -0.2) is 9.79 Å². The quantitative estimate of drug-likeness (QED) is 0.572. The maximum atomic E-state index is 11.1. The average molecular weight is 290 g/mol. The Morgan fingerprint density at radius 1 is 1.38 bits per heavy atom. The van der Waals surface area contributed by atoms with Crippen molar-refractivity contribution < 1.29 is 9.53 Å². The lowest BCUT2D eigenvalue weighted by Gasteiger charge is -2.25. The van der Waals surface area contributed by atoms with Gasteiger partial charge < -0.3 is 15.8 Å². The Kier molecular flexibility index (Phi) is 5.43. The number of nitrogens with one attached hydrogen (secondary N) is 2. The molecule has 4 N–H and O–H groups in total. The van der Waals surface area contributed by atoms with Crippen molar-refractivity contribution in [3.05, 3.63) is 29.8 Å². The molecular weight excluding hydrogens is 268 g/mol. The number of carbonyl (C=O) groups excluding carboxylic acids is 1. The first-order chi connectivity index (χ1) is 10.2. The Morgan fingerprint density at radius 3 is 2.67 bits per heavy atom. The molecule has 1 fully saturated rings. The second kappa shape index (κ2) is 7.52. The SMILES string of the molecule is COC(=O)Nc1ccc(CN=C(N)NCC2CCC2)cc1. The number of rotatable bonds is 5. The highest BCUT2D eigenvalue weighted by Gasteiger charge is 2.16. The fourth-order valence-corrected chi connectivity index (χ4v) is 2.04. The lowest BCUT2D eigenvalue weighted by Crippen LogP contribution is -2.37. The average Bonchev–Trinajstić information content (AvgIpc) is 2.44. The number of nitrogens with two attached hydrogens (primary N) is 1. The molecule has 6 heteroatoms. The zero-order chi connectivity index (χ0) is 15.1. The van der Waals surface area contributed by atoms with Crippen LogP contribution in [0.15, 0.2) is 29.3 Å². The van der Waals surface area contributed by atoms with Gasteiger partial charge in [-0.2, -0.15) is 0 Å². The van der Waals surface area contributed by atoms with E-state index in [1.807, 2.05) is 12.1 Å². The third-order valence-electron chi connectivity index (χ3n) is 3.61. The summed E-state index contributed by atoms with van der Waals surface area (Å²) in [4.78, 5) is 15.4. The predicted molar refractivity (Wildman–Crippen MR) is 83.1 cm³/mol. The van der Waals surface area contributed by atoms with Crippen LogP contribution < -0.4 is 16.4 Å². The molecule has 1 aliphatic rings. The standard InChI is InChI=1S/C15H22N4O2/c1-21-15(20)19-13-7-5-12(6-8-13)10-18-14(16)17-9-11-3-2-4-11/h5-8,11H,2-4,9-10H2,1H3,(H,19,20)(H3,16,17,18). The molecule has 0 spiro atoms. The molecule has 0 radical (unpaired) electrons. The van der Waals surface area contributed by atoms with Crippen molar-refractivity contribution in [3.8, 4) is 0 Å². The number of ether oxygens (including phenoxy) is 1. The van der Waals surface area contributed by atoms with Crippen LogP contribution in [0.1, 0.15) is 24.8 Å². The van der Waals surface area contributed by atoms with E-state index in [0.29, 0.717) is 18.2 Å². The van der Waals surface area contributed by atoms with Crippen LogP contribution in [0, 0.1) is 5.92 Å². The van der Waals surface area contributed by atoms with Crippen LogP contribution in [0.2, 0.25) is 0 Å². The number of methoxy groups -OCH3 is 1. The fourth-order valence-electron chi connectivity index (χ4n) is 2.04. The minimum atomic E-state index is -0.481. The number of benzene rings is 1. The molecule has 0 atom stereocenters. The van der Waals surface area contributed by atoms with Crippen molar-refractivity contribution in [2.24, 2.45) is 16.6 Å². The van der Waals surface area contributed by atoms with Crippen LogP contribution in [0.25, 0.3) is 0 Å².